The molecule has 15 heavy (non-hydrogen) atoms. The van der Waals surface area contributed by atoms with Gasteiger partial charge in [0.1, 0.15) is 6.10 Å². The van der Waals surface area contributed by atoms with E-state index in [0.29, 0.717) is 6.04 Å². The zero-order valence-corrected chi connectivity index (χ0v) is 9.08. The molecular formula is C11H20N2O2. The first-order valence-electron chi connectivity index (χ1n) is 5.94. The van der Waals surface area contributed by atoms with Crippen LogP contribution in [-0.2, 0) is 9.53 Å². The van der Waals surface area contributed by atoms with Crippen LogP contribution in [0.3, 0.4) is 0 Å². The van der Waals surface area contributed by atoms with Crippen LogP contribution in [0, 0.1) is 0 Å². The summed E-state index contributed by atoms with van der Waals surface area (Å²) < 4.78 is 5.55. The van der Waals surface area contributed by atoms with Crippen LogP contribution >= 0.6 is 0 Å². The largest absolute Gasteiger partial charge is 0.367 e. The Bertz CT molecular complexity index is 227. The van der Waals surface area contributed by atoms with Gasteiger partial charge in [-0.05, 0) is 25.7 Å². The summed E-state index contributed by atoms with van der Waals surface area (Å²) >= 11 is 0. The summed E-state index contributed by atoms with van der Waals surface area (Å²) in [5.74, 6) is -0.321. The van der Waals surface area contributed by atoms with Crippen molar-refractivity contribution in [1.29, 1.82) is 0 Å². The van der Waals surface area contributed by atoms with Crippen LogP contribution in [0.5, 0.6) is 0 Å². The number of rotatable bonds is 4. The molecule has 86 valence electrons. The minimum Gasteiger partial charge on any atom is -0.367 e. The number of carbonyl (C=O) groups excluding carboxylic acids is 1. The summed E-state index contributed by atoms with van der Waals surface area (Å²) in [6.45, 7) is 0.869. The minimum atomic E-state index is -0.347. The van der Waals surface area contributed by atoms with Crippen molar-refractivity contribution < 1.29 is 9.53 Å². The molecule has 2 unspecified atom stereocenters. The molecule has 4 heteroatoms. The lowest BCUT2D eigenvalue weighted by Gasteiger charge is -2.16. The Kier molecular flexibility index (Phi) is 3.59. The molecule has 1 amide bonds. The van der Waals surface area contributed by atoms with E-state index < -0.39 is 0 Å². The normalized spacial score (nSPS) is 32.3. The highest BCUT2D eigenvalue weighted by atomic mass is 16.5. The maximum absolute atomic E-state index is 10.9. The van der Waals surface area contributed by atoms with Crippen molar-refractivity contribution in [2.45, 2.75) is 56.8 Å². The standard InChI is InChI=1S/C11H20N2O2/c12-11(14)10-6-5-9(15-10)7-13-8-3-1-2-4-8/h8-10,13H,1-7H2,(H2,12,14). The van der Waals surface area contributed by atoms with E-state index in [2.05, 4.69) is 5.32 Å². The van der Waals surface area contributed by atoms with Gasteiger partial charge in [-0.25, -0.2) is 0 Å². The second kappa shape index (κ2) is 4.94. The van der Waals surface area contributed by atoms with Crippen molar-refractivity contribution in [3.05, 3.63) is 0 Å². The van der Waals surface area contributed by atoms with Gasteiger partial charge < -0.3 is 15.8 Å². The lowest BCUT2D eigenvalue weighted by atomic mass is 10.2. The molecule has 0 aromatic rings. The van der Waals surface area contributed by atoms with E-state index in [4.69, 9.17) is 10.5 Å². The molecule has 3 N–H and O–H groups in total. The van der Waals surface area contributed by atoms with Crippen molar-refractivity contribution in [3.63, 3.8) is 0 Å². The second-order valence-corrected chi connectivity index (χ2v) is 4.62. The summed E-state index contributed by atoms with van der Waals surface area (Å²) in [5, 5.41) is 3.51. The average Bonchev–Trinajstić information content (AvgIpc) is 2.86. The molecule has 0 bridgehead atoms. The highest BCUT2D eigenvalue weighted by Crippen LogP contribution is 2.21. The molecule has 1 saturated heterocycles. The first kappa shape index (κ1) is 10.9. The van der Waals surface area contributed by atoms with Gasteiger partial charge in [0.15, 0.2) is 0 Å². The highest BCUT2D eigenvalue weighted by Gasteiger charge is 2.29. The molecule has 0 aromatic heterocycles. The molecular weight excluding hydrogens is 192 g/mol. The predicted molar refractivity (Wildman–Crippen MR) is 57.3 cm³/mol. The third-order valence-electron chi connectivity index (χ3n) is 3.41. The van der Waals surface area contributed by atoms with Gasteiger partial charge in [0.05, 0.1) is 6.10 Å². The topological polar surface area (TPSA) is 64.4 Å². The Morgan fingerprint density at radius 1 is 1.27 bits per heavy atom. The number of ether oxygens (including phenoxy) is 1. The quantitative estimate of drug-likeness (QED) is 0.715. The molecule has 2 rings (SSSR count). The Morgan fingerprint density at radius 3 is 2.60 bits per heavy atom. The third-order valence-corrected chi connectivity index (χ3v) is 3.41. The van der Waals surface area contributed by atoms with Gasteiger partial charge in [-0.15, -0.1) is 0 Å². The second-order valence-electron chi connectivity index (χ2n) is 4.62. The van der Waals surface area contributed by atoms with Crippen molar-refractivity contribution in [1.82, 2.24) is 5.32 Å². The van der Waals surface area contributed by atoms with E-state index in [1.165, 1.54) is 25.7 Å². The molecule has 0 radical (unpaired) electrons. The smallest absolute Gasteiger partial charge is 0.246 e. The van der Waals surface area contributed by atoms with Gasteiger partial charge in [-0.1, -0.05) is 12.8 Å². The molecule has 2 atom stereocenters. The number of nitrogens with one attached hydrogen (secondary N) is 1. The van der Waals surface area contributed by atoms with Crippen LogP contribution < -0.4 is 11.1 Å². The molecule has 1 aliphatic heterocycles. The first-order chi connectivity index (χ1) is 7.25. The summed E-state index contributed by atoms with van der Waals surface area (Å²) in [6, 6.07) is 0.668. The monoisotopic (exact) mass is 212 g/mol. The maximum atomic E-state index is 10.9. The number of primary amides is 1. The molecule has 0 aromatic carbocycles. The van der Waals surface area contributed by atoms with E-state index in [9.17, 15) is 4.79 Å². The van der Waals surface area contributed by atoms with Gasteiger partial charge in [0.25, 0.3) is 0 Å². The van der Waals surface area contributed by atoms with Crippen molar-refractivity contribution in [2.24, 2.45) is 5.73 Å². The zero-order chi connectivity index (χ0) is 10.7. The van der Waals surface area contributed by atoms with Crippen LogP contribution in [0.4, 0.5) is 0 Å². The number of nitrogens with two attached hydrogens (primary N) is 1. The molecule has 1 saturated carbocycles. The number of hydrogen-bond donors (Lipinski definition) is 2. The number of amides is 1. The third kappa shape index (κ3) is 2.92. The van der Waals surface area contributed by atoms with Crippen LogP contribution in [0.15, 0.2) is 0 Å². The van der Waals surface area contributed by atoms with Crippen molar-refractivity contribution >= 4 is 5.91 Å². The van der Waals surface area contributed by atoms with Gasteiger partial charge >= 0.3 is 0 Å². The molecule has 0 spiro atoms. The fraction of sp³-hybridized carbons (Fsp3) is 0.909. The Morgan fingerprint density at radius 2 is 2.00 bits per heavy atom. The summed E-state index contributed by atoms with van der Waals surface area (Å²) in [6.07, 6.45) is 6.82. The van der Waals surface area contributed by atoms with E-state index in [1.54, 1.807) is 0 Å². The highest BCUT2D eigenvalue weighted by molar-refractivity contribution is 5.79. The fourth-order valence-corrected chi connectivity index (χ4v) is 2.49. The van der Waals surface area contributed by atoms with Gasteiger partial charge in [-0.2, -0.15) is 0 Å². The fourth-order valence-electron chi connectivity index (χ4n) is 2.49. The first-order valence-corrected chi connectivity index (χ1v) is 5.94. The maximum Gasteiger partial charge on any atom is 0.246 e. The average molecular weight is 212 g/mol. The van der Waals surface area contributed by atoms with Crippen molar-refractivity contribution in [2.75, 3.05) is 6.54 Å². The Hall–Kier alpha value is -0.610. The van der Waals surface area contributed by atoms with Crippen LogP contribution in [0.25, 0.3) is 0 Å². The van der Waals surface area contributed by atoms with E-state index in [1.807, 2.05) is 0 Å². The minimum absolute atomic E-state index is 0.183. The summed E-state index contributed by atoms with van der Waals surface area (Å²) in [5.41, 5.74) is 5.19. The predicted octanol–water partition coefficient (Wildman–Crippen LogP) is 0.551. The lowest BCUT2D eigenvalue weighted by molar-refractivity contribution is -0.128. The molecule has 2 aliphatic rings. The van der Waals surface area contributed by atoms with Gasteiger partial charge in [0, 0.05) is 12.6 Å². The molecule has 1 aliphatic carbocycles. The number of carbonyl (C=O) groups is 1. The number of hydrogen-bond acceptors (Lipinski definition) is 3. The van der Waals surface area contributed by atoms with E-state index in [-0.39, 0.29) is 18.1 Å². The zero-order valence-electron chi connectivity index (χ0n) is 9.08. The summed E-state index contributed by atoms with van der Waals surface area (Å²) in [7, 11) is 0. The van der Waals surface area contributed by atoms with E-state index >= 15 is 0 Å². The van der Waals surface area contributed by atoms with Gasteiger partial charge in [0.2, 0.25) is 5.91 Å². The Labute approximate surface area is 90.5 Å². The SMILES string of the molecule is NC(=O)C1CCC(CNC2CCCC2)O1. The van der Waals surface area contributed by atoms with Crippen LogP contribution in [-0.4, -0.2) is 30.7 Å². The van der Waals surface area contributed by atoms with Gasteiger partial charge in [-0.3, -0.25) is 4.79 Å². The van der Waals surface area contributed by atoms with Crippen LogP contribution in [0.2, 0.25) is 0 Å². The molecule has 2 fully saturated rings. The van der Waals surface area contributed by atoms with Crippen LogP contribution in [0.1, 0.15) is 38.5 Å². The van der Waals surface area contributed by atoms with Crippen molar-refractivity contribution in [3.8, 4) is 0 Å². The summed E-state index contributed by atoms with van der Waals surface area (Å²) in [4.78, 5) is 10.9. The lowest BCUT2D eigenvalue weighted by Crippen LogP contribution is -2.35. The Balaban J connectivity index is 1.66. The van der Waals surface area contributed by atoms with E-state index in [0.717, 1.165) is 19.4 Å². The molecule has 1 heterocycles. The molecule has 4 nitrogen and oxygen atoms in total.